The summed E-state index contributed by atoms with van der Waals surface area (Å²) in [6.07, 6.45) is -5.93. The molecule has 0 saturated heterocycles. The molecule has 0 aromatic heterocycles. The predicted molar refractivity (Wildman–Crippen MR) is 75.4 cm³/mol. The summed E-state index contributed by atoms with van der Waals surface area (Å²) in [6, 6.07) is 1.31. The minimum Gasteiger partial charge on any atom is -0.545 e. The number of fused-ring (bicyclic) bond motifs is 1. The Labute approximate surface area is 135 Å². The molecule has 0 radical (unpaired) electrons. The molecule has 23 heavy (non-hydrogen) atoms. The van der Waals surface area contributed by atoms with E-state index in [1.54, 1.807) is 0 Å². The van der Waals surface area contributed by atoms with Gasteiger partial charge in [-0.3, -0.25) is 0 Å². The van der Waals surface area contributed by atoms with Gasteiger partial charge in [0.25, 0.3) is 0 Å². The number of halogens is 4. The van der Waals surface area contributed by atoms with Crippen LogP contribution < -0.4 is 14.6 Å². The lowest BCUT2D eigenvalue weighted by atomic mass is 9.98. The zero-order valence-electron chi connectivity index (χ0n) is 12.3. The number of carboxylic acid groups (broad SMARTS) is 1. The normalized spacial score (nSPS) is 17.1. The third-order valence-corrected chi connectivity index (χ3v) is 3.54. The number of aliphatic carboxylic acids is 1. The topological polar surface area (TPSA) is 58.6 Å². The maximum absolute atomic E-state index is 13.0. The van der Waals surface area contributed by atoms with E-state index in [2.05, 4.69) is 0 Å². The highest BCUT2D eigenvalue weighted by Crippen LogP contribution is 2.44. The molecule has 1 aromatic carbocycles. The fourth-order valence-corrected chi connectivity index (χ4v) is 2.56. The van der Waals surface area contributed by atoms with Crippen molar-refractivity contribution in [3.8, 4) is 11.5 Å². The summed E-state index contributed by atoms with van der Waals surface area (Å²) in [5.41, 5.74) is -0.581. The van der Waals surface area contributed by atoms with Gasteiger partial charge >= 0.3 is 6.18 Å². The molecule has 0 aliphatic carbocycles. The molecule has 1 aromatic rings. The summed E-state index contributed by atoms with van der Waals surface area (Å²) in [5, 5.41) is 11.1. The van der Waals surface area contributed by atoms with E-state index in [0.717, 1.165) is 6.08 Å². The van der Waals surface area contributed by atoms with Crippen LogP contribution in [-0.4, -0.2) is 24.9 Å². The first-order valence-corrected chi connectivity index (χ1v) is 7.16. The van der Waals surface area contributed by atoms with Crippen LogP contribution in [0.1, 0.15) is 24.5 Å². The summed E-state index contributed by atoms with van der Waals surface area (Å²) < 4.78 is 49.5. The number of carboxylic acids is 1. The van der Waals surface area contributed by atoms with Gasteiger partial charge in [-0.15, -0.1) is 0 Å². The number of alkyl halides is 3. The van der Waals surface area contributed by atoms with Crippen molar-refractivity contribution in [3.05, 3.63) is 27.8 Å². The summed E-state index contributed by atoms with van der Waals surface area (Å²) in [6.45, 7) is 3.70. The molecule has 1 aliphatic rings. The second kappa shape index (κ2) is 6.31. The number of benzene rings is 1. The number of hydrogen-bond donors (Lipinski definition) is 0. The fourth-order valence-electron chi connectivity index (χ4n) is 2.24. The molecule has 1 aliphatic heterocycles. The van der Waals surface area contributed by atoms with E-state index in [9.17, 15) is 23.1 Å². The maximum Gasteiger partial charge on any atom is 0.429 e. The van der Waals surface area contributed by atoms with Gasteiger partial charge in [-0.1, -0.05) is 18.5 Å². The first kappa shape index (κ1) is 17.5. The Balaban J connectivity index is 2.57. The number of rotatable bonds is 4. The van der Waals surface area contributed by atoms with Crippen LogP contribution in [0.2, 0.25) is 5.02 Å². The Hall–Kier alpha value is -1.89. The molecular formula is C15H13ClF3O4-. The van der Waals surface area contributed by atoms with Crippen LogP contribution in [0.15, 0.2) is 11.6 Å². The standard InChI is InChI=1S/C15H14ClF3O4/c1-3-4-22-12-7(2)11-8(6-10(12)16)5-9(14(20)21)13(23-11)15(17,18)19/h5-6,13H,3-4H2,1-2H3,(H,20,21)/p-1. The van der Waals surface area contributed by atoms with Gasteiger partial charge in [-0.25, -0.2) is 0 Å². The van der Waals surface area contributed by atoms with Gasteiger partial charge in [0.05, 0.1) is 17.6 Å². The Morgan fingerprint density at radius 1 is 1.48 bits per heavy atom. The van der Waals surface area contributed by atoms with Crippen LogP contribution in [0.5, 0.6) is 11.5 Å². The molecule has 1 unspecified atom stereocenters. The summed E-state index contributed by atoms with van der Waals surface area (Å²) in [5.74, 6) is -1.83. The first-order chi connectivity index (χ1) is 10.7. The predicted octanol–water partition coefficient (Wildman–Crippen LogP) is 2.89. The molecule has 0 N–H and O–H groups in total. The molecule has 2 rings (SSSR count). The van der Waals surface area contributed by atoms with Gasteiger partial charge in [-0.05, 0) is 25.5 Å². The Bertz CT molecular complexity index is 668. The van der Waals surface area contributed by atoms with Crippen LogP contribution in [0.4, 0.5) is 13.2 Å². The highest BCUT2D eigenvalue weighted by Gasteiger charge is 2.47. The van der Waals surface area contributed by atoms with Gasteiger partial charge in [0.2, 0.25) is 6.10 Å². The monoisotopic (exact) mass is 349 g/mol. The maximum atomic E-state index is 13.0. The molecule has 0 spiro atoms. The van der Waals surface area contributed by atoms with Crippen molar-refractivity contribution in [3.63, 3.8) is 0 Å². The van der Waals surface area contributed by atoms with Gasteiger partial charge in [-0.2, -0.15) is 13.2 Å². The van der Waals surface area contributed by atoms with Crippen molar-refractivity contribution in [2.24, 2.45) is 0 Å². The molecule has 0 amide bonds. The lowest BCUT2D eigenvalue weighted by molar-refractivity contribution is -0.302. The third kappa shape index (κ3) is 3.39. The SMILES string of the molecule is CCCOc1c(Cl)cc2c(c1C)OC(C(F)(F)F)C(C(=O)[O-])=C2. The number of carbonyl (C=O) groups excluding carboxylic acids is 1. The second-order valence-corrected chi connectivity index (χ2v) is 5.41. The fraction of sp³-hybridized carbons (Fsp3) is 0.400. The number of carbonyl (C=O) groups is 1. The van der Waals surface area contributed by atoms with E-state index in [0.29, 0.717) is 13.0 Å². The quantitative estimate of drug-likeness (QED) is 0.838. The van der Waals surface area contributed by atoms with Crippen molar-refractivity contribution in [2.75, 3.05) is 6.61 Å². The molecule has 8 heteroatoms. The van der Waals surface area contributed by atoms with Crippen LogP contribution in [-0.2, 0) is 4.79 Å². The van der Waals surface area contributed by atoms with Crippen molar-refractivity contribution in [1.82, 2.24) is 0 Å². The first-order valence-electron chi connectivity index (χ1n) is 6.79. The van der Waals surface area contributed by atoms with Crippen molar-refractivity contribution >= 4 is 23.6 Å². The van der Waals surface area contributed by atoms with Crippen LogP contribution in [0, 0.1) is 6.92 Å². The van der Waals surface area contributed by atoms with Crippen LogP contribution in [0.25, 0.3) is 6.08 Å². The Morgan fingerprint density at radius 3 is 2.65 bits per heavy atom. The van der Waals surface area contributed by atoms with Gasteiger partial charge in [0.1, 0.15) is 11.5 Å². The molecule has 0 saturated carbocycles. The molecule has 0 fully saturated rings. The Kier molecular flexibility index (Phi) is 4.79. The average molecular weight is 350 g/mol. The number of ether oxygens (including phenoxy) is 2. The largest absolute Gasteiger partial charge is 0.545 e. The summed E-state index contributed by atoms with van der Waals surface area (Å²) in [4.78, 5) is 11.0. The van der Waals surface area contributed by atoms with Gasteiger partial charge in [0.15, 0.2) is 0 Å². The van der Waals surface area contributed by atoms with E-state index in [1.807, 2.05) is 6.92 Å². The molecule has 126 valence electrons. The van der Waals surface area contributed by atoms with Crippen molar-refractivity contribution < 1.29 is 32.5 Å². The van der Waals surface area contributed by atoms with E-state index in [4.69, 9.17) is 21.1 Å². The van der Waals surface area contributed by atoms with E-state index in [1.165, 1.54) is 13.0 Å². The van der Waals surface area contributed by atoms with E-state index < -0.39 is 23.8 Å². The molecular weight excluding hydrogens is 337 g/mol. The summed E-state index contributed by atoms with van der Waals surface area (Å²) >= 11 is 6.06. The van der Waals surface area contributed by atoms with Crippen LogP contribution >= 0.6 is 11.6 Å². The minimum absolute atomic E-state index is 0.104. The smallest absolute Gasteiger partial charge is 0.429 e. The van der Waals surface area contributed by atoms with Crippen LogP contribution in [0.3, 0.4) is 0 Å². The van der Waals surface area contributed by atoms with Crippen molar-refractivity contribution in [1.29, 1.82) is 0 Å². The summed E-state index contributed by atoms with van der Waals surface area (Å²) in [7, 11) is 0. The van der Waals surface area contributed by atoms with Gasteiger partial charge in [0, 0.05) is 16.7 Å². The van der Waals surface area contributed by atoms with E-state index in [-0.39, 0.29) is 27.6 Å². The lowest BCUT2D eigenvalue weighted by Gasteiger charge is -2.31. The zero-order chi connectivity index (χ0) is 17.4. The highest BCUT2D eigenvalue weighted by atomic mass is 35.5. The lowest BCUT2D eigenvalue weighted by Crippen LogP contribution is -2.44. The average Bonchev–Trinajstić information content (AvgIpc) is 2.44. The van der Waals surface area contributed by atoms with E-state index >= 15 is 0 Å². The molecule has 1 heterocycles. The zero-order valence-corrected chi connectivity index (χ0v) is 13.0. The van der Waals surface area contributed by atoms with Gasteiger partial charge < -0.3 is 19.4 Å². The van der Waals surface area contributed by atoms with Crippen molar-refractivity contribution in [2.45, 2.75) is 32.5 Å². The molecule has 0 bridgehead atoms. The Morgan fingerprint density at radius 2 is 2.13 bits per heavy atom. The minimum atomic E-state index is -4.89. The molecule has 1 atom stereocenters. The number of hydrogen-bond acceptors (Lipinski definition) is 4. The third-order valence-electron chi connectivity index (χ3n) is 3.26. The second-order valence-electron chi connectivity index (χ2n) is 5.01. The highest BCUT2D eigenvalue weighted by molar-refractivity contribution is 6.32. The molecule has 4 nitrogen and oxygen atoms in total.